The number of aryl methyl sites for hydroxylation is 6. The highest BCUT2D eigenvalue weighted by atomic mass is 35.5. The minimum absolute atomic E-state index is 0.0857. The summed E-state index contributed by atoms with van der Waals surface area (Å²) < 4.78 is 8.30. The Morgan fingerprint density at radius 1 is 0.920 bits per heavy atom. The van der Waals surface area contributed by atoms with Crippen molar-refractivity contribution in [2.24, 2.45) is 0 Å². The number of carbonyl (C=O) groups is 2. The van der Waals surface area contributed by atoms with Gasteiger partial charge in [0.15, 0.2) is 0 Å². The molecule has 1 N–H and O–H groups in total. The van der Waals surface area contributed by atoms with Gasteiger partial charge >= 0.3 is 5.97 Å². The van der Waals surface area contributed by atoms with Gasteiger partial charge in [0.1, 0.15) is 17.8 Å². The molecule has 0 saturated heterocycles. The lowest BCUT2D eigenvalue weighted by atomic mass is 9.97. The van der Waals surface area contributed by atoms with Crippen LogP contribution in [0.2, 0.25) is 10.0 Å². The van der Waals surface area contributed by atoms with Crippen LogP contribution in [0, 0.1) is 27.7 Å². The Labute approximate surface area is 299 Å². The molecule has 50 heavy (non-hydrogen) atoms. The van der Waals surface area contributed by atoms with Gasteiger partial charge in [-0.15, -0.1) is 0 Å². The zero-order valence-corrected chi connectivity index (χ0v) is 29.7. The number of carbonyl (C=O) groups excluding carboxylic acids is 1. The average molecular weight is 709 g/mol. The molecule has 0 saturated carbocycles. The molecule has 0 atom stereocenters. The molecule has 0 radical (unpaired) electrons. The molecule has 3 aromatic carbocycles. The number of nitrogens with zero attached hydrogens (tertiary/aromatic N) is 5. The second-order valence-corrected chi connectivity index (χ2v) is 13.5. The fourth-order valence-corrected chi connectivity index (χ4v) is 7.60. The molecule has 0 aliphatic carbocycles. The molecular formula is C39H35Cl2N5O4. The molecule has 1 amide bonds. The zero-order chi connectivity index (χ0) is 35.3. The smallest absolute Gasteiger partial charge is 0.337 e. The van der Waals surface area contributed by atoms with Gasteiger partial charge in [0, 0.05) is 57.6 Å². The lowest BCUT2D eigenvalue weighted by molar-refractivity contribution is 0.0698. The number of hydrogen-bond acceptors (Lipinski definition) is 6. The van der Waals surface area contributed by atoms with Crippen LogP contribution in [0.3, 0.4) is 0 Å². The maximum Gasteiger partial charge on any atom is 0.337 e. The van der Waals surface area contributed by atoms with E-state index in [-0.39, 0.29) is 11.5 Å². The van der Waals surface area contributed by atoms with E-state index in [1.807, 2.05) is 58.0 Å². The second kappa shape index (κ2) is 13.4. The first kappa shape index (κ1) is 33.5. The zero-order valence-electron chi connectivity index (χ0n) is 28.2. The number of ether oxygens (including phenoxy) is 1. The number of anilines is 1. The number of benzene rings is 3. The highest BCUT2D eigenvalue weighted by molar-refractivity contribution is 6.35. The van der Waals surface area contributed by atoms with Crippen molar-refractivity contribution < 1.29 is 19.4 Å². The lowest BCUT2D eigenvalue weighted by Crippen LogP contribution is -2.32. The summed E-state index contributed by atoms with van der Waals surface area (Å²) in [6.07, 6.45) is 4.97. The first-order valence-corrected chi connectivity index (χ1v) is 17.3. The summed E-state index contributed by atoms with van der Waals surface area (Å²) >= 11 is 13.4. The number of aromatic nitrogens is 4. The van der Waals surface area contributed by atoms with Crippen LogP contribution in [0.4, 0.5) is 5.69 Å². The largest absolute Gasteiger partial charge is 0.494 e. The van der Waals surface area contributed by atoms with Crippen LogP contribution >= 0.6 is 23.2 Å². The van der Waals surface area contributed by atoms with Crippen molar-refractivity contribution in [2.45, 2.75) is 53.5 Å². The van der Waals surface area contributed by atoms with E-state index >= 15 is 0 Å². The van der Waals surface area contributed by atoms with Gasteiger partial charge in [-0.25, -0.2) is 14.8 Å². The van der Waals surface area contributed by atoms with Crippen LogP contribution in [-0.4, -0.2) is 49.7 Å². The summed E-state index contributed by atoms with van der Waals surface area (Å²) in [6.45, 7) is 9.23. The Kier molecular flexibility index (Phi) is 8.96. The molecule has 11 heteroatoms. The fourth-order valence-electron chi connectivity index (χ4n) is 7.25. The lowest BCUT2D eigenvalue weighted by Gasteiger charge is -2.23. The van der Waals surface area contributed by atoms with Crippen molar-refractivity contribution in [1.29, 1.82) is 0 Å². The number of amides is 1. The number of pyridine rings is 1. The van der Waals surface area contributed by atoms with Gasteiger partial charge in [0.2, 0.25) is 0 Å². The first-order valence-electron chi connectivity index (χ1n) is 16.5. The molecule has 0 unspecified atom stereocenters. The summed E-state index contributed by atoms with van der Waals surface area (Å²) in [5.74, 6) is -0.496. The van der Waals surface area contributed by atoms with E-state index < -0.39 is 5.97 Å². The second-order valence-electron chi connectivity index (χ2n) is 12.7. The Morgan fingerprint density at radius 3 is 2.38 bits per heavy atom. The predicted octanol–water partition coefficient (Wildman–Crippen LogP) is 8.95. The quantitative estimate of drug-likeness (QED) is 0.157. The molecule has 1 aliphatic rings. The van der Waals surface area contributed by atoms with E-state index in [0.29, 0.717) is 66.3 Å². The molecule has 254 valence electrons. The maximum atomic E-state index is 15.0. The molecule has 0 bridgehead atoms. The summed E-state index contributed by atoms with van der Waals surface area (Å²) in [5.41, 5.74) is 8.54. The van der Waals surface area contributed by atoms with Gasteiger partial charge in [-0.1, -0.05) is 29.3 Å². The van der Waals surface area contributed by atoms with Crippen molar-refractivity contribution in [1.82, 2.24) is 19.5 Å². The minimum Gasteiger partial charge on any atom is -0.494 e. The van der Waals surface area contributed by atoms with Gasteiger partial charge in [-0.2, -0.15) is 0 Å². The predicted molar refractivity (Wildman–Crippen MR) is 197 cm³/mol. The number of aromatic carboxylic acids is 1. The van der Waals surface area contributed by atoms with Crippen molar-refractivity contribution in [3.63, 3.8) is 0 Å². The Balaban J connectivity index is 1.37. The number of carboxylic acid groups (broad SMARTS) is 1. The van der Waals surface area contributed by atoms with Crippen LogP contribution in [0.25, 0.3) is 32.9 Å². The Morgan fingerprint density at radius 2 is 1.66 bits per heavy atom. The maximum absolute atomic E-state index is 15.0. The molecule has 3 aromatic heterocycles. The molecule has 0 fully saturated rings. The van der Waals surface area contributed by atoms with Crippen molar-refractivity contribution in [3.8, 4) is 16.9 Å². The van der Waals surface area contributed by atoms with E-state index in [1.54, 1.807) is 29.6 Å². The van der Waals surface area contributed by atoms with E-state index in [1.165, 1.54) is 6.07 Å². The molecule has 4 heterocycles. The summed E-state index contributed by atoms with van der Waals surface area (Å²) in [5, 5.41) is 12.7. The highest BCUT2D eigenvalue weighted by Gasteiger charge is 2.33. The monoisotopic (exact) mass is 707 g/mol. The molecular weight excluding hydrogens is 673 g/mol. The van der Waals surface area contributed by atoms with Gasteiger partial charge < -0.3 is 19.3 Å². The number of halogens is 2. The third kappa shape index (κ3) is 5.74. The van der Waals surface area contributed by atoms with Crippen LogP contribution in [0.15, 0.2) is 61.1 Å². The number of rotatable bonds is 8. The third-order valence-corrected chi connectivity index (χ3v) is 10.4. The van der Waals surface area contributed by atoms with E-state index in [4.69, 9.17) is 27.9 Å². The van der Waals surface area contributed by atoms with Crippen molar-refractivity contribution >= 4 is 62.6 Å². The average Bonchev–Trinajstić information content (AvgIpc) is 3.29. The third-order valence-electron chi connectivity index (χ3n) is 9.48. The summed E-state index contributed by atoms with van der Waals surface area (Å²) in [4.78, 5) is 42.2. The van der Waals surface area contributed by atoms with Crippen molar-refractivity contribution in [2.75, 3.05) is 18.1 Å². The van der Waals surface area contributed by atoms with Crippen LogP contribution < -0.4 is 9.64 Å². The van der Waals surface area contributed by atoms with Crippen LogP contribution in [0.1, 0.15) is 61.8 Å². The van der Waals surface area contributed by atoms with E-state index in [0.717, 1.165) is 60.9 Å². The van der Waals surface area contributed by atoms with E-state index in [2.05, 4.69) is 19.5 Å². The number of hydrogen-bond donors (Lipinski definition) is 1. The molecule has 9 nitrogen and oxygen atoms in total. The van der Waals surface area contributed by atoms with Crippen molar-refractivity contribution in [3.05, 3.63) is 110 Å². The fraction of sp³-hybridized carbons (Fsp3) is 0.256. The Hall–Kier alpha value is -4.99. The van der Waals surface area contributed by atoms with Gasteiger partial charge in [-0.05, 0) is 106 Å². The van der Waals surface area contributed by atoms with Gasteiger partial charge in [0.25, 0.3) is 5.91 Å². The van der Waals surface area contributed by atoms with Gasteiger partial charge in [-0.3, -0.25) is 9.78 Å². The molecule has 0 spiro atoms. The van der Waals surface area contributed by atoms with Crippen LogP contribution in [0.5, 0.6) is 5.75 Å². The van der Waals surface area contributed by atoms with E-state index in [9.17, 15) is 14.7 Å². The molecule has 1 aliphatic heterocycles. The standard InChI is InChI=1S/C39H35Cl2N5O4/c1-21-18-25(19-22(2)34(21)41)50-17-6-9-26-27-10-12-30(40)33(32-23(3)43-20-44-24(32)4)36(27)46-16-7-15-45(38(47)37(26)46)31-13-11-29(39(48)49)35-28(31)8-5-14-42-35/h5,8,10-14,18-20H,6-7,9,15-17H2,1-4H3,(H,48,49). The summed E-state index contributed by atoms with van der Waals surface area (Å²) in [6, 6.07) is 14.6. The number of fused-ring (bicyclic) bond motifs is 4. The molecule has 7 rings (SSSR count). The number of carboxylic acids is 1. The topological polar surface area (TPSA) is 110 Å². The van der Waals surface area contributed by atoms with Gasteiger partial charge in [0.05, 0.1) is 33.9 Å². The molecule has 6 aromatic rings. The van der Waals surface area contributed by atoms with Crippen LogP contribution in [-0.2, 0) is 13.0 Å². The Bertz CT molecular complexity index is 2310. The summed E-state index contributed by atoms with van der Waals surface area (Å²) in [7, 11) is 0. The highest BCUT2D eigenvalue weighted by Crippen LogP contribution is 2.43. The normalized spacial score (nSPS) is 13.2. The first-order chi connectivity index (χ1) is 24.1. The SMILES string of the molecule is Cc1cc(OCCCc2c3n(c4c(-c5c(C)ncnc5C)c(Cl)ccc24)CCCN(c2ccc(C(=O)O)c4ncccc24)C3=O)cc(C)c1Cl. The minimum atomic E-state index is -1.07.